The molecule has 2 heterocycles. The molecule has 6 nitrogen and oxygen atoms in total. The maximum atomic E-state index is 11.5. The molecule has 0 spiro atoms. The van der Waals surface area contributed by atoms with Gasteiger partial charge in [-0.3, -0.25) is 0 Å². The van der Waals surface area contributed by atoms with Crippen LogP contribution in [0.5, 0.6) is 0 Å². The fourth-order valence-corrected chi connectivity index (χ4v) is 1.20. The molecule has 0 aromatic carbocycles. The zero-order valence-electron chi connectivity index (χ0n) is 8.58. The van der Waals surface area contributed by atoms with Crippen molar-refractivity contribution in [1.29, 1.82) is 0 Å². The van der Waals surface area contributed by atoms with Crippen molar-refractivity contribution in [2.45, 2.75) is 6.92 Å². The second-order valence-corrected chi connectivity index (χ2v) is 2.86. The second-order valence-electron chi connectivity index (χ2n) is 2.86. The Balaban J connectivity index is 2.37. The molecular formula is C10H9N3O3. The molecule has 16 heavy (non-hydrogen) atoms. The highest BCUT2D eigenvalue weighted by Crippen LogP contribution is 2.20. The summed E-state index contributed by atoms with van der Waals surface area (Å²) in [6.45, 7) is 2.01. The predicted octanol–water partition coefficient (Wildman–Crippen LogP) is 1.31. The van der Waals surface area contributed by atoms with E-state index in [1.807, 2.05) is 0 Å². The molecule has 6 heteroatoms. The molecule has 0 saturated carbocycles. The molecule has 0 amide bonds. The number of nitrogens with zero attached hydrogens (tertiary/aromatic N) is 3. The molecule has 2 aromatic rings. The number of carbonyl (C=O) groups is 1. The van der Waals surface area contributed by atoms with Crippen molar-refractivity contribution in [3.8, 4) is 11.5 Å². The number of rotatable bonds is 3. The van der Waals surface area contributed by atoms with Gasteiger partial charge in [-0.1, -0.05) is 0 Å². The van der Waals surface area contributed by atoms with E-state index in [1.54, 1.807) is 19.1 Å². The number of oxazole rings is 1. The van der Waals surface area contributed by atoms with E-state index in [9.17, 15) is 4.79 Å². The number of carbonyl (C=O) groups excluding carboxylic acids is 1. The van der Waals surface area contributed by atoms with Crippen LogP contribution in [0.25, 0.3) is 11.5 Å². The van der Waals surface area contributed by atoms with Crippen LogP contribution >= 0.6 is 0 Å². The summed E-state index contributed by atoms with van der Waals surface area (Å²) in [7, 11) is 0. The van der Waals surface area contributed by atoms with Crippen molar-refractivity contribution in [3.05, 3.63) is 30.4 Å². The topological polar surface area (TPSA) is 78.1 Å². The number of hydrogen-bond acceptors (Lipinski definition) is 6. The highest BCUT2D eigenvalue weighted by Gasteiger charge is 2.20. The summed E-state index contributed by atoms with van der Waals surface area (Å²) >= 11 is 0. The summed E-state index contributed by atoms with van der Waals surface area (Å²) in [6, 6.07) is 3.37. The second kappa shape index (κ2) is 4.52. The highest BCUT2D eigenvalue weighted by molar-refractivity contribution is 5.92. The largest absolute Gasteiger partial charge is 0.461 e. The standard InChI is InChI=1S/C10H9N3O3/c1-2-15-10(14)8-9(16-6-11-8)7-4-3-5-12-13-7/h3-6H,2H2,1H3. The van der Waals surface area contributed by atoms with E-state index < -0.39 is 5.97 Å². The maximum absolute atomic E-state index is 11.5. The average molecular weight is 219 g/mol. The van der Waals surface area contributed by atoms with Crippen molar-refractivity contribution >= 4 is 5.97 Å². The zero-order chi connectivity index (χ0) is 11.4. The lowest BCUT2D eigenvalue weighted by Gasteiger charge is -1.99. The lowest BCUT2D eigenvalue weighted by Crippen LogP contribution is -2.06. The van der Waals surface area contributed by atoms with Crippen LogP contribution in [0, 0.1) is 0 Å². The normalized spacial score (nSPS) is 10.1. The fourth-order valence-electron chi connectivity index (χ4n) is 1.20. The van der Waals surface area contributed by atoms with Gasteiger partial charge in [0.25, 0.3) is 0 Å². The van der Waals surface area contributed by atoms with Crippen molar-refractivity contribution < 1.29 is 13.9 Å². The molecule has 0 aliphatic carbocycles. The van der Waals surface area contributed by atoms with Crippen LogP contribution in [-0.4, -0.2) is 27.8 Å². The van der Waals surface area contributed by atoms with E-state index in [2.05, 4.69) is 15.2 Å². The lowest BCUT2D eigenvalue weighted by atomic mass is 10.2. The maximum Gasteiger partial charge on any atom is 0.361 e. The van der Waals surface area contributed by atoms with Gasteiger partial charge >= 0.3 is 5.97 Å². The van der Waals surface area contributed by atoms with Gasteiger partial charge in [-0.15, -0.1) is 5.10 Å². The van der Waals surface area contributed by atoms with Gasteiger partial charge in [-0.05, 0) is 19.1 Å². The third kappa shape index (κ3) is 1.90. The fraction of sp³-hybridized carbons (Fsp3) is 0.200. The van der Waals surface area contributed by atoms with Crippen LogP contribution in [0.3, 0.4) is 0 Å². The summed E-state index contributed by atoms with van der Waals surface area (Å²) in [5, 5.41) is 7.53. The zero-order valence-corrected chi connectivity index (χ0v) is 8.58. The van der Waals surface area contributed by atoms with Gasteiger partial charge in [-0.2, -0.15) is 5.10 Å². The van der Waals surface area contributed by atoms with Crippen molar-refractivity contribution in [3.63, 3.8) is 0 Å². The van der Waals surface area contributed by atoms with E-state index in [0.717, 1.165) is 0 Å². The van der Waals surface area contributed by atoms with Crippen LogP contribution in [0.4, 0.5) is 0 Å². The lowest BCUT2D eigenvalue weighted by molar-refractivity contribution is 0.0520. The molecule has 2 rings (SSSR count). The molecule has 0 N–H and O–H groups in total. The van der Waals surface area contributed by atoms with Gasteiger partial charge in [0.15, 0.2) is 17.8 Å². The number of aromatic nitrogens is 3. The molecule has 0 atom stereocenters. The minimum absolute atomic E-state index is 0.113. The highest BCUT2D eigenvalue weighted by atomic mass is 16.5. The quantitative estimate of drug-likeness (QED) is 0.724. The van der Waals surface area contributed by atoms with Crippen LogP contribution in [0.15, 0.2) is 29.1 Å². The van der Waals surface area contributed by atoms with Crippen LogP contribution in [-0.2, 0) is 4.74 Å². The molecular weight excluding hydrogens is 210 g/mol. The Morgan fingerprint density at radius 1 is 1.56 bits per heavy atom. The number of esters is 1. The Labute approximate surface area is 91.3 Å². The van der Waals surface area contributed by atoms with Crippen LogP contribution in [0.1, 0.15) is 17.4 Å². The molecule has 0 saturated heterocycles. The van der Waals surface area contributed by atoms with Crippen molar-refractivity contribution in [2.24, 2.45) is 0 Å². The first-order valence-electron chi connectivity index (χ1n) is 4.71. The molecule has 82 valence electrons. The summed E-state index contributed by atoms with van der Waals surface area (Å²) in [6.07, 6.45) is 2.71. The van der Waals surface area contributed by atoms with Gasteiger partial charge in [0.05, 0.1) is 6.61 Å². The van der Waals surface area contributed by atoms with E-state index >= 15 is 0 Å². The Morgan fingerprint density at radius 2 is 2.44 bits per heavy atom. The molecule has 0 radical (unpaired) electrons. The molecule has 0 fully saturated rings. The predicted molar refractivity (Wildman–Crippen MR) is 53.5 cm³/mol. The SMILES string of the molecule is CCOC(=O)c1ncoc1-c1cccnn1. The Morgan fingerprint density at radius 3 is 3.12 bits per heavy atom. The Hall–Kier alpha value is -2.24. The third-order valence-corrected chi connectivity index (χ3v) is 1.84. The smallest absolute Gasteiger partial charge is 0.361 e. The van der Waals surface area contributed by atoms with E-state index in [4.69, 9.17) is 9.15 Å². The van der Waals surface area contributed by atoms with Gasteiger partial charge in [0.2, 0.25) is 0 Å². The minimum atomic E-state index is -0.531. The summed E-state index contributed by atoms with van der Waals surface area (Å²) in [4.78, 5) is 15.3. The van der Waals surface area contributed by atoms with Gasteiger partial charge in [-0.25, -0.2) is 9.78 Å². The van der Waals surface area contributed by atoms with Gasteiger partial charge in [0.1, 0.15) is 5.69 Å². The Kier molecular flexibility index (Phi) is 2.90. The average Bonchev–Trinajstić information content (AvgIpc) is 2.79. The number of hydrogen-bond donors (Lipinski definition) is 0. The van der Waals surface area contributed by atoms with Crippen LogP contribution < -0.4 is 0 Å². The number of ether oxygens (including phenoxy) is 1. The first-order valence-corrected chi connectivity index (χ1v) is 4.71. The Bertz CT molecular complexity index is 481. The molecule has 0 aliphatic heterocycles. The van der Waals surface area contributed by atoms with Gasteiger partial charge < -0.3 is 9.15 Å². The summed E-state index contributed by atoms with van der Waals surface area (Å²) < 4.78 is 9.94. The van der Waals surface area contributed by atoms with E-state index in [1.165, 1.54) is 12.6 Å². The first-order chi connectivity index (χ1) is 7.83. The van der Waals surface area contributed by atoms with Crippen LogP contribution in [0.2, 0.25) is 0 Å². The van der Waals surface area contributed by atoms with Gasteiger partial charge in [0, 0.05) is 6.20 Å². The molecule has 0 aliphatic rings. The van der Waals surface area contributed by atoms with E-state index in [-0.39, 0.29) is 18.1 Å². The molecule has 2 aromatic heterocycles. The minimum Gasteiger partial charge on any atom is -0.461 e. The molecule has 0 bridgehead atoms. The van der Waals surface area contributed by atoms with Crippen molar-refractivity contribution in [1.82, 2.24) is 15.2 Å². The van der Waals surface area contributed by atoms with E-state index in [0.29, 0.717) is 5.69 Å². The van der Waals surface area contributed by atoms with Crippen molar-refractivity contribution in [2.75, 3.05) is 6.61 Å². The summed E-state index contributed by atoms with van der Waals surface area (Å²) in [5.41, 5.74) is 0.561. The summed E-state index contributed by atoms with van der Waals surface area (Å²) in [5.74, 6) is -0.261. The molecule has 0 unspecified atom stereocenters. The third-order valence-electron chi connectivity index (χ3n) is 1.84. The first kappa shape index (κ1) is 10.3. The monoisotopic (exact) mass is 219 g/mol.